The minimum absolute atomic E-state index is 0.548. The molecule has 4 heteroatoms. The number of halogens is 1. The van der Waals surface area contributed by atoms with Gasteiger partial charge in [0.2, 0.25) is 0 Å². The number of fused-ring (bicyclic) bond motifs is 1. The molecule has 3 rings (SSSR count). The van der Waals surface area contributed by atoms with E-state index in [9.17, 15) is 0 Å². The molecule has 106 valence electrons. The van der Waals surface area contributed by atoms with Crippen molar-refractivity contribution >= 4 is 28.2 Å². The summed E-state index contributed by atoms with van der Waals surface area (Å²) in [5, 5.41) is 5.42. The Morgan fingerprint density at radius 3 is 3.15 bits per heavy atom. The van der Waals surface area contributed by atoms with Crippen molar-refractivity contribution in [3.8, 4) is 0 Å². The molecule has 0 aliphatic carbocycles. The van der Waals surface area contributed by atoms with Gasteiger partial charge < -0.3 is 10.2 Å². The van der Waals surface area contributed by atoms with Gasteiger partial charge in [0.1, 0.15) is 0 Å². The van der Waals surface area contributed by atoms with Crippen LogP contribution in [0.2, 0.25) is 5.02 Å². The first kappa shape index (κ1) is 13.7. The highest BCUT2D eigenvalue weighted by atomic mass is 35.5. The van der Waals surface area contributed by atoms with E-state index in [4.69, 9.17) is 11.6 Å². The van der Waals surface area contributed by atoms with E-state index >= 15 is 0 Å². The van der Waals surface area contributed by atoms with Crippen molar-refractivity contribution in [2.75, 3.05) is 24.5 Å². The molecule has 0 amide bonds. The Hall–Kier alpha value is -1.32. The normalized spacial score (nSPS) is 20.1. The van der Waals surface area contributed by atoms with E-state index in [1.165, 1.54) is 5.69 Å². The molecule has 0 bridgehead atoms. The fourth-order valence-electron chi connectivity index (χ4n) is 2.87. The van der Waals surface area contributed by atoms with Gasteiger partial charge in [-0.1, -0.05) is 18.5 Å². The van der Waals surface area contributed by atoms with Crippen LogP contribution in [0.1, 0.15) is 19.8 Å². The number of benzene rings is 1. The summed E-state index contributed by atoms with van der Waals surface area (Å²) < 4.78 is 0. The van der Waals surface area contributed by atoms with Crippen LogP contribution in [0.15, 0.2) is 30.5 Å². The number of nitrogens with zero attached hydrogens (tertiary/aromatic N) is 2. The van der Waals surface area contributed by atoms with Gasteiger partial charge in [0, 0.05) is 30.7 Å². The number of anilines is 1. The summed E-state index contributed by atoms with van der Waals surface area (Å²) >= 11 is 6.29. The van der Waals surface area contributed by atoms with Crippen molar-refractivity contribution in [1.29, 1.82) is 0 Å². The van der Waals surface area contributed by atoms with E-state index in [-0.39, 0.29) is 0 Å². The highest BCUT2D eigenvalue weighted by Crippen LogP contribution is 2.31. The number of pyridine rings is 1. The summed E-state index contributed by atoms with van der Waals surface area (Å²) in [6, 6.07) is 8.63. The summed E-state index contributed by atoms with van der Waals surface area (Å²) in [6.07, 6.45) is 4.15. The van der Waals surface area contributed by atoms with Gasteiger partial charge in [0.15, 0.2) is 0 Å². The van der Waals surface area contributed by atoms with Gasteiger partial charge >= 0.3 is 0 Å². The first-order valence-electron chi connectivity index (χ1n) is 7.31. The van der Waals surface area contributed by atoms with Crippen molar-refractivity contribution in [3.05, 3.63) is 35.5 Å². The predicted molar refractivity (Wildman–Crippen MR) is 85.7 cm³/mol. The second-order valence-corrected chi connectivity index (χ2v) is 5.73. The maximum atomic E-state index is 6.29. The van der Waals surface area contributed by atoms with Crippen LogP contribution >= 0.6 is 11.6 Å². The maximum Gasteiger partial charge on any atom is 0.0950 e. The van der Waals surface area contributed by atoms with Gasteiger partial charge in [-0.3, -0.25) is 4.98 Å². The fraction of sp³-hybridized carbons (Fsp3) is 0.438. The molecule has 1 aliphatic heterocycles. The van der Waals surface area contributed by atoms with E-state index < -0.39 is 0 Å². The van der Waals surface area contributed by atoms with Crippen LogP contribution in [-0.4, -0.2) is 30.7 Å². The van der Waals surface area contributed by atoms with Crippen molar-refractivity contribution in [1.82, 2.24) is 10.3 Å². The van der Waals surface area contributed by atoms with Crippen LogP contribution in [0, 0.1) is 0 Å². The van der Waals surface area contributed by atoms with E-state index in [1.54, 1.807) is 0 Å². The lowest BCUT2D eigenvalue weighted by Crippen LogP contribution is -2.37. The number of rotatable bonds is 2. The lowest BCUT2D eigenvalue weighted by molar-refractivity contribution is 0.529. The maximum absolute atomic E-state index is 6.29. The Morgan fingerprint density at radius 2 is 2.30 bits per heavy atom. The van der Waals surface area contributed by atoms with Crippen molar-refractivity contribution in [2.45, 2.75) is 25.8 Å². The molecule has 1 atom stereocenters. The number of aromatic nitrogens is 1. The molecule has 0 spiro atoms. The summed E-state index contributed by atoms with van der Waals surface area (Å²) in [5.74, 6) is 0. The molecule has 1 N–H and O–H groups in total. The summed E-state index contributed by atoms with van der Waals surface area (Å²) in [4.78, 5) is 7.00. The second kappa shape index (κ2) is 5.98. The lowest BCUT2D eigenvalue weighted by atomic mass is 10.1. The third-order valence-electron chi connectivity index (χ3n) is 4.01. The Labute approximate surface area is 124 Å². The molecule has 0 saturated carbocycles. The Bertz CT molecular complexity index is 599. The molecule has 1 fully saturated rings. The molecular weight excluding hydrogens is 270 g/mol. The predicted octanol–water partition coefficient (Wildman–Crippen LogP) is 3.47. The molecule has 20 heavy (non-hydrogen) atoms. The van der Waals surface area contributed by atoms with Crippen LogP contribution in [0.3, 0.4) is 0 Å². The first-order chi connectivity index (χ1) is 9.79. The minimum atomic E-state index is 0.548. The molecule has 1 aliphatic rings. The van der Waals surface area contributed by atoms with E-state index in [0.717, 1.165) is 48.4 Å². The topological polar surface area (TPSA) is 28.2 Å². The highest BCUT2D eigenvalue weighted by Gasteiger charge is 2.19. The largest absolute Gasteiger partial charge is 0.368 e. The molecule has 0 radical (unpaired) electrons. The van der Waals surface area contributed by atoms with E-state index in [1.807, 2.05) is 24.4 Å². The smallest absolute Gasteiger partial charge is 0.0950 e. The average Bonchev–Trinajstić information content (AvgIpc) is 2.73. The molecule has 2 heterocycles. The molecule has 1 saturated heterocycles. The van der Waals surface area contributed by atoms with Crippen molar-refractivity contribution in [2.24, 2.45) is 0 Å². The van der Waals surface area contributed by atoms with Gasteiger partial charge in [0.25, 0.3) is 0 Å². The van der Waals surface area contributed by atoms with Gasteiger partial charge in [-0.05, 0) is 43.7 Å². The van der Waals surface area contributed by atoms with Crippen molar-refractivity contribution < 1.29 is 0 Å². The standard InChI is InChI=1S/C16H20ClN3/c1-2-12-11-20(10-4-9-18-12)15-7-6-14(17)13-5-3-8-19-16(13)15/h3,5-8,12,18H,2,4,9-11H2,1H3. The zero-order chi connectivity index (χ0) is 13.9. The van der Waals surface area contributed by atoms with Crippen LogP contribution < -0.4 is 10.2 Å². The molecule has 1 aromatic carbocycles. The minimum Gasteiger partial charge on any atom is -0.368 e. The van der Waals surface area contributed by atoms with Gasteiger partial charge in [-0.15, -0.1) is 0 Å². The second-order valence-electron chi connectivity index (χ2n) is 5.32. The van der Waals surface area contributed by atoms with Crippen LogP contribution in [0.5, 0.6) is 0 Å². The zero-order valence-electron chi connectivity index (χ0n) is 11.8. The number of hydrogen-bond acceptors (Lipinski definition) is 3. The van der Waals surface area contributed by atoms with Crippen molar-refractivity contribution in [3.63, 3.8) is 0 Å². The van der Waals surface area contributed by atoms with Gasteiger partial charge in [0.05, 0.1) is 16.2 Å². The van der Waals surface area contributed by atoms with Gasteiger partial charge in [-0.25, -0.2) is 0 Å². The average molecular weight is 290 g/mol. The van der Waals surface area contributed by atoms with E-state index in [2.05, 4.69) is 28.2 Å². The molecule has 2 aromatic rings. The van der Waals surface area contributed by atoms with Crippen LogP contribution in [0.4, 0.5) is 5.69 Å². The van der Waals surface area contributed by atoms with E-state index in [0.29, 0.717) is 6.04 Å². The molecule has 3 nitrogen and oxygen atoms in total. The van der Waals surface area contributed by atoms with Crippen LogP contribution in [0.25, 0.3) is 10.9 Å². The third kappa shape index (κ3) is 2.60. The third-order valence-corrected chi connectivity index (χ3v) is 4.34. The SMILES string of the molecule is CCC1CN(c2ccc(Cl)c3cccnc23)CCCN1. The Morgan fingerprint density at radius 1 is 1.40 bits per heavy atom. The number of hydrogen-bond donors (Lipinski definition) is 1. The fourth-order valence-corrected chi connectivity index (χ4v) is 3.08. The number of nitrogens with one attached hydrogen (secondary N) is 1. The van der Waals surface area contributed by atoms with Gasteiger partial charge in [-0.2, -0.15) is 0 Å². The molecule has 1 unspecified atom stereocenters. The van der Waals surface area contributed by atoms with Crippen LogP contribution in [-0.2, 0) is 0 Å². The summed E-state index contributed by atoms with van der Waals surface area (Å²) in [6.45, 7) is 5.42. The lowest BCUT2D eigenvalue weighted by Gasteiger charge is -2.27. The highest BCUT2D eigenvalue weighted by molar-refractivity contribution is 6.35. The summed E-state index contributed by atoms with van der Waals surface area (Å²) in [5.41, 5.74) is 2.21. The monoisotopic (exact) mass is 289 g/mol. The summed E-state index contributed by atoms with van der Waals surface area (Å²) in [7, 11) is 0. The first-order valence-corrected chi connectivity index (χ1v) is 7.69. The quantitative estimate of drug-likeness (QED) is 0.917. The zero-order valence-corrected chi connectivity index (χ0v) is 12.5. The molecular formula is C16H20ClN3. The molecule has 1 aromatic heterocycles. The Balaban J connectivity index is 2.02. The Kier molecular flexibility index (Phi) is 4.08.